The summed E-state index contributed by atoms with van der Waals surface area (Å²) in [5.41, 5.74) is -0.993. The molecule has 1 fully saturated rings. The van der Waals surface area contributed by atoms with Crippen molar-refractivity contribution in [2.75, 3.05) is 25.5 Å². The Balaban J connectivity index is 2.15. The zero-order valence-corrected chi connectivity index (χ0v) is 10.6. The first-order chi connectivity index (χ1) is 9.07. The Hall–Kier alpha value is -1.53. The summed E-state index contributed by atoms with van der Waals surface area (Å²) in [5.74, 6) is -1.88. The van der Waals surface area contributed by atoms with Crippen LogP contribution >= 0.6 is 0 Å². The van der Waals surface area contributed by atoms with Gasteiger partial charge in [-0.05, 0) is 38.1 Å². The van der Waals surface area contributed by atoms with E-state index < -0.39 is 23.1 Å². The standard InChI is InChI=1S/C13H16F2N2O2/c1-19-13(4-6-16-7-5-13)12(18)17-11-3-2-9(14)8-10(11)15/h2-3,8,16H,4-7H2,1H3,(H,17,18). The third-order valence-electron chi connectivity index (χ3n) is 3.40. The first-order valence-electron chi connectivity index (χ1n) is 6.10. The lowest BCUT2D eigenvalue weighted by molar-refractivity contribution is -0.140. The van der Waals surface area contributed by atoms with Crippen molar-refractivity contribution < 1.29 is 18.3 Å². The monoisotopic (exact) mass is 270 g/mol. The fourth-order valence-corrected chi connectivity index (χ4v) is 2.18. The number of methoxy groups -OCH3 is 1. The van der Waals surface area contributed by atoms with Gasteiger partial charge in [0.2, 0.25) is 0 Å². The summed E-state index contributed by atoms with van der Waals surface area (Å²) < 4.78 is 31.6. The van der Waals surface area contributed by atoms with Crippen LogP contribution in [-0.4, -0.2) is 31.7 Å². The number of hydrogen-bond donors (Lipinski definition) is 2. The fraction of sp³-hybridized carbons (Fsp3) is 0.462. The van der Waals surface area contributed by atoms with Gasteiger partial charge in [0.25, 0.3) is 5.91 Å². The topological polar surface area (TPSA) is 50.4 Å². The molecule has 1 aliphatic heterocycles. The van der Waals surface area contributed by atoms with Gasteiger partial charge in [0.05, 0.1) is 5.69 Å². The molecular weight excluding hydrogens is 254 g/mol. The van der Waals surface area contributed by atoms with Gasteiger partial charge in [-0.3, -0.25) is 4.79 Å². The zero-order chi connectivity index (χ0) is 13.9. The van der Waals surface area contributed by atoms with Crippen LogP contribution in [0.2, 0.25) is 0 Å². The first kappa shape index (κ1) is 13.9. The molecule has 1 saturated heterocycles. The van der Waals surface area contributed by atoms with E-state index in [0.29, 0.717) is 25.9 Å². The van der Waals surface area contributed by atoms with Crippen molar-refractivity contribution in [2.24, 2.45) is 0 Å². The second-order valence-corrected chi connectivity index (χ2v) is 4.53. The number of hydrogen-bond acceptors (Lipinski definition) is 3. The number of nitrogens with one attached hydrogen (secondary N) is 2. The number of ether oxygens (including phenoxy) is 1. The lowest BCUT2D eigenvalue weighted by atomic mass is 9.91. The molecule has 0 radical (unpaired) electrons. The van der Waals surface area contributed by atoms with Crippen LogP contribution < -0.4 is 10.6 Å². The summed E-state index contributed by atoms with van der Waals surface area (Å²) in [6.45, 7) is 1.32. The number of carbonyl (C=O) groups is 1. The van der Waals surface area contributed by atoms with Gasteiger partial charge >= 0.3 is 0 Å². The Morgan fingerprint density at radius 2 is 2.05 bits per heavy atom. The summed E-state index contributed by atoms with van der Waals surface area (Å²) in [7, 11) is 1.46. The predicted octanol–water partition coefficient (Wildman–Crippen LogP) is 1.67. The van der Waals surface area contributed by atoms with Crippen LogP contribution in [0.5, 0.6) is 0 Å². The molecule has 104 valence electrons. The molecule has 0 aromatic heterocycles. The van der Waals surface area contributed by atoms with Crippen molar-refractivity contribution in [2.45, 2.75) is 18.4 Å². The van der Waals surface area contributed by atoms with Gasteiger partial charge in [-0.25, -0.2) is 8.78 Å². The molecule has 0 unspecified atom stereocenters. The number of amides is 1. The lowest BCUT2D eigenvalue weighted by Crippen LogP contribution is -2.51. The van der Waals surface area contributed by atoms with Crippen LogP contribution in [0.25, 0.3) is 0 Å². The first-order valence-corrected chi connectivity index (χ1v) is 6.10. The fourth-order valence-electron chi connectivity index (χ4n) is 2.18. The molecule has 1 aromatic carbocycles. The summed E-state index contributed by atoms with van der Waals surface area (Å²) in [4.78, 5) is 12.2. The van der Waals surface area contributed by atoms with Crippen molar-refractivity contribution in [3.63, 3.8) is 0 Å². The number of carbonyl (C=O) groups excluding carboxylic acids is 1. The van der Waals surface area contributed by atoms with Gasteiger partial charge in [0, 0.05) is 13.2 Å². The lowest BCUT2D eigenvalue weighted by Gasteiger charge is -2.34. The molecule has 2 rings (SSSR count). The second-order valence-electron chi connectivity index (χ2n) is 4.53. The Labute approximate surface area is 110 Å². The summed E-state index contributed by atoms with van der Waals surface area (Å²) in [6, 6.07) is 3.03. The number of rotatable bonds is 3. The minimum atomic E-state index is -0.952. The van der Waals surface area contributed by atoms with Gasteiger partial charge in [-0.15, -0.1) is 0 Å². The average Bonchev–Trinajstić information content (AvgIpc) is 2.42. The van der Waals surface area contributed by atoms with E-state index in [4.69, 9.17) is 4.74 Å². The van der Waals surface area contributed by atoms with Crippen LogP contribution in [0.15, 0.2) is 18.2 Å². The molecule has 0 aliphatic carbocycles. The van der Waals surface area contributed by atoms with Crippen molar-refractivity contribution in [3.8, 4) is 0 Å². The highest BCUT2D eigenvalue weighted by Crippen LogP contribution is 2.25. The highest BCUT2D eigenvalue weighted by atomic mass is 19.1. The van der Waals surface area contributed by atoms with Gasteiger partial charge in [-0.2, -0.15) is 0 Å². The number of anilines is 1. The van der Waals surface area contributed by atoms with Crippen molar-refractivity contribution >= 4 is 11.6 Å². The average molecular weight is 270 g/mol. The Morgan fingerprint density at radius 1 is 1.37 bits per heavy atom. The summed E-state index contributed by atoms with van der Waals surface area (Å²) in [6.07, 6.45) is 1.02. The van der Waals surface area contributed by atoms with E-state index in [2.05, 4.69) is 10.6 Å². The number of halogens is 2. The highest BCUT2D eigenvalue weighted by molar-refractivity contribution is 5.97. The zero-order valence-electron chi connectivity index (χ0n) is 10.6. The van der Waals surface area contributed by atoms with Crippen LogP contribution in [-0.2, 0) is 9.53 Å². The van der Waals surface area contributed by atoms with E-state index in [1.165, 1.54) is 13.2 Å². The van der Waals surface area contributed by atoms with Gasteiger partial charge in [-0.1, -0.05) is 0 Å². The van der Waals surface area contributed by atoms with Crippen LogP contribution in [0.1, 0.15) is 12.8 Å². The molecule has 1 aromatic rings. The smallest absolute Gasteiger partial charge is 0.256 e. The third-order valence-corrected chi connectivity index (χ3v) is 3.40. The molecular formula is C13H16F2N2O2. The summed E-state index contributed by atoms with van der Waals surface area (Å²) >= 11 is 0. The molecule has 6 heteroatoms. The number of piperidine rings is 1. The Kier molecular flexibility index (Phi) is 4.11. The van der Waals surface area contributed by atoms with E-state index in [1.54, 1.807) is 0 Å². The minimum absolute atomic E-state index is 0.0404. The molecule has 1 heterocycles. The van der Waals surface area contributed by atoms with E-state index in [9.17, 15) is 13.6 Å². The largest absolute Gasteiger partial charge is 0.368 e. The molecule has 19 heavy (non-hydrogen) atoms. The molecule has 2 N–H and O–H groups in total. The van der Waals surface area contributed by atoms with Crippen molar-refractivity contribution in [1.29, 1.82) is 0 Å². The maximum absolute atomic E-state index is 13.5. The SMILES string of the molecule is COC1(C(=O)Nc2ccc(F)cc2F)CCNCC1. The van der Waals surface area contributed by atoms with Crippen molar-refractivity contribution in [3.05, 3.63) is 29.8 Å². The minimum Gasteiger partial charge on any atom is -0.368 e. The predicted molar refractivity (Wildman–Crippen MR) is 66.8 cm³/mol. The van der Waals surface area contributed by atoms with Crippen LogP contribution in [0.4, 0.5) is 14.5 Å². The third kappa shape index (κ3) is 2.90. The van der Waals surface area contributed by atoms with Gasteiger partial charge < -0.3 is 15.4 Å². The van der Waals surface area contributed by atoms with E-state index >= 15 is 0 Å². The van der Waals surface area contributed by atoms with Crippen LogP contribution in [0.3, 0.4) is 0 Å². The second kappa shape index (κ2) is 5.63. The van der Waals surface area contributed by atoms with E-state index in [1.807, 2.05) is 0 Å². The van der Waals surface area contributed by atoms with E-state index in [0.717, 1.165) is 12.1 Å². The van der Waals surface area contributed by atoms with E-state index in [-0.39, 0.29) is 5.69 Å². The molecule has 0 atom stereocenters. The molecule has 4 nitrogen and oxygen atoms in total. The van der Waals surface area contributed by atoms with Crippen LogP contribution in [0, 0.1) is 11.6 Å². The highest BCUT2D eigenvalue weighted by Gasteiger charge is 2.39. The Bertz CT molecular complexity index is 474. The quantitative estimate of drug-likeness (QED) is 0.878. The molecule has 1 amide bonds. The van der Waals surface area contributed by atoms with Gasteiger partial charge in [0.15, 0.2) is 0 Å². The Morgan fingerprint density at radius 3 is 2.63 bits per heavy atom. The molecule has 1 aliphatic rings. The molecule has 0 bridgehead atoms. The number of benzene rings is 1. The summed E-state index contributed by atoms with van der Waals surface area (Å²) in [5, 5.41) is 5.59. The maximum Gasteiger partial charge on any atom is 0.256 e. The molecule has 0 saturated carbocycles. The van der Waals surface area contributed by atoms with Gasteiger partial charge in [0.1, 0.15) is 17.2 Å². The molecule has 0 spiro atoms. The van der Waals surface area contributed by atoms with Crippen molar-refractivity contribution in [1.82, 2.24) is 5.32 Å². The normalized spacial score (nSPS) is 18.1. The maximum atomic E-state index is 13.5.